The third-order valence-electron chi connectivity index (χ3n) is 3.68. The summed E-state index contributed by atoms with van der Waals surface area (Å²) in [5.41, 5.74) is -0.261. The van der Waals surface area contributed by atoms with Gasteiger partial charge in [-0.1, -0.05) is 12.1 Å². The summed E-state index contributed by atoms with van der Waals surface area (Å²) in [6.45, 7) is 3.40. The van der Waals surface area contributed by atoms with Crippen LogP contribution < -0.4 is 15.0 Å². The van der Waals surface area contributed by atoms with E-state index in [4.69, 9.17) is 4.74 Å². The molecule has 1 aliphatic rings. The summed E-state index contributed by atoms with van der Waals surface area (Å²) in [5, 5.41) is 3.25. The van der Waals surface area contributed by atoms with E-state index >= 15 is 0 Å². The first-order chi connectivity index (χ1) is 11.5. The molecule has 1 aliphatic heterocycles. The molecule has 0 atom stereocenters. The molecular weight excluding hydrogens is 321 g/mol. The second-order valence-corrected chi connectivity index (χ2v) is 5.44. The molecule has 1 saturated heterocycles. The fourth-order valence-electron chi connectivity index (χ4n) is 2.45. The van der Waals surface area contributed by atoms with E-state index in [1.165, 1.54) is 12.3 Å². The number of anilines is 1. The van der Waals surface area contributed by atoms with E-state index < -0.39 is 11.7 Å². The number of alkyl halides is 3. The molecule has 0 saturated carbocycles. The lowest BCUT2D eigenvalue weighted by molar-refractivity contribution is -0.137. The maximum absolute atomic E-state index is 12.7. The van der Waals surface area contributed by atoms with E-state index in [1.54, 1.807) is 12.3 Å². The van der Waals surface area contributed by atoms with Gasteiger partial charge >= 0.3 is 6.18 Å². The first-order valence-electron chi connectivity index (χ1n) is 7.59. The zero-order valence-corrected chi connectivity index (χ0v) is 12.9. The second kappa shape index (κ2) is 7.04. The van der Waals surface area contributed by atoms with Gasteiger partial charge in [0.2, 0.25) is 5.88 Å². The minimum Gasteiger partial charge on any atom is -0.472 e. The minimum absolute atomic E-state index is 0.00358. The number of nitrogens with zero attached hydrogens (tertiary/aromatic N) is 3. The van der Waals surface area contributed by atoms with Crippen molar-refractivity contribution < 1.29 is 17.9 Å². The monoisotopic (exact) mass is 338 g/mol. The molecule has 5 nitrogen and oxygen atoms in total. The van der Waals surface area contributed by atoms with Gasteiger partial charge in [-0.25, -0.2) is 0 Å². The van der Waals surface area contributed by atoms with E-state index in [2.05, 4.69) is 20.2 Å². The molecule has 0 aliphatic carbocycles. The molecule has 1 aromatic heterocycles. The first-order valence-corrected chi connectivity index (χ1v) is 7.59. The summed E-state index contributed by atoms with van der Waals surface area (Å²) in [7, 11) is 0. The quantitative estimate of drug-likeness (QED) is 0.928. The number of piperazine rings is 1. The summed E-state index contributed by atoms with van der Waals surface area (Å²) >= 11 is 0. The van der Waals surface area contributed by atoms with Crippen molar-refractivity contribution in [2.24, 2.45) is 0 Å². The van der Waals surface area contributed by atoms with Gasteiger partial charge in [-0.3, -0.25) is 4.98 Å². The molecule has 1 N–H and O–H groups in total. The first kappa shape index (κ1) is 16.5. The van der Waals surface area contributed by atoms with Gasteiger partial charge in [-0.15, -0.1) is 0 Å². The van der Waals surface area contributed by atoms with Crippen molar-refractivity contribution in [1.29, 1.82) is 0 Å². The van der Waals surface area contributed by atoms with Gasteiger partial charge in [0.25, 0.3) is 0 Å². The third-order valence-corrected chi connectivity index (χ3v) is 3.68. The summed E-state index contributed by atoms with van der Waals surface area (Å²) in [5.74, 6) is 1.00. The normalized spacial score (nSPS) is 15.4. The van der Waals surface area contributed by atoms with Crippen LogP contribution in [0, 0.1) is 0 Å². The molecule has 1 aromatic carbocycles. The van der Waals surface area contributed by atoms with Crippen molar-refractivity contribution in [3.05, 3.63) is 47.8 Å². The molecule has 1 fully saturated rings. The maximum atomic E-state index is 12.7. The van der Waals surface area contributed by atoms with Gasteiger partial charge in [0.05, 0.1) is 18.0 Å². The van der Waals surface area contributed by atoms with Gasteiger partial charge in [0, 0.05) is 26.2 Å². The van der Waals surface area contributed by atoms with Gasteiger partial charge in [0.15, 0.2) is 5.82 Å². The second-order valence-electron chi connectivity index (χ2n) is 5.44. The van der Waals surface area contributed by atoms with Crippen molar-refractivity contribution in [2.45, 2.75) is 12.8 Å². The fraction of sp³-hybridized carbons (Fsp3) is 0.375. The van der Waals surface area contributed by atoms with E-state index in [9.17, 15) is 13.2 Å². The molecular formula is C16H17F3N4O. The molecule has 2 heterocycles. The third kappa shape index (κ3) is 4.14. The van der Waals surface area contributed by atoms with Crippen LogP contribution in [0.3, 0.4) is 0 Å². The SMILES string of the molecule is FC(F)(F)c1cccc(COc2cncc(N3CCNCC3)n2)c1. The summed E-state index contributed by atoms with van der Waals surface area (Å²) < 4.78 is 43.7. The Balaban J connectivity index is 1.66. The molecule has 0 spiro atoms. The highest BCUT2D eigenvalue weighted by Crippen LogP contribution is 2.29. The lowest BCUT2D eigenvalue weighted by Crippen LogP contribution is -2.43. The average molecular weight is 338 g/mol. The molecule has 0 radical (unpaired) electrons. The summed E-state index contributed by atoms with van der Waals surface area (Å²) in [4.78, 5) is 10.6. The van der Waals surface area contributed by atoms with E-state index in [1.807, 2.05) is 0 Å². The van der Waals surface area contributed by atoms with Crippen molar-refractivity contribution in [2.75, 3.05) is 31.1 Å². The lowest BCUT2D eigenvalue weighted by Gasteiger charge is -2.28. The van der Waals surface area contributed by atoms with Crippen molar-refractivity contribution in [3.63, 3.8) is 0 Å². The molecule has 128 valence electrons. The number of halogens is 3. The van der Waals surface area contributed by atoms with Gasteiger partial charge in [0.1, 0.15) is 6.61 Å². The summed E-state index contributed by atoms with van der Waals surface area (Å²) in [6.07, 6.45) is -1.25. The van der Waals surface area contributed by atoms with Crippen LogP contribution in [0.1, 0.15) is 11.1 Å². The Morgan fingerprint density at radius 1 is 1.17 bits per heavy atom. The van der Waals surface area contributed by atoms with Crippen LogP contribution in [0.4, 0.5) is 19.0 Å². The average Bonchev–Trinajstić information content (AvgIpc) is 2.61. The number of aromatic nitrogens is 2. The molecule has 8 heteroatoms. The van der Waals surface area contributed by atoms with Crippen LogP contribution in [-0.2, 0) is 12.8 Å². The van der Waals surface area contributed by atoms with Crippen LogP contribution in [0.5, 0.6) is 5.88 Å². The molecule has 24 heavy (non-hydrogen) atoms. The van der Waals surface area contributed by atoms with Crippen LogP contribution in [0.2, 0.25) is 0 Å². The number of nitrogens with one attached hydrogen (secondary N) is 1. The number of ether oxygens (including phenoxy) is 1. The van der Waals surface area contributed by atoms with Crippen LogP contribution in [0.15, 0.2) is 36.7 Å². The topological polar surface area (TPSA) is 50.3 Å². The van der Waals surface area contributed by atoms with Crippen molar-refractivity contribution in [1.82, 2.24) is 15.3 Å². The molecule has 0 amide bonds. The predicted octanol–water partition coefficient (Wildman–Crippen LogP) is 2.48. The number of hydrogen-bond donors (Lipinski definition) is 1. The molecule has 3 rings (SSSR count). The van der Waals surface area contributed by atoms with Crippen LogP contribution >= 0.6 is 0 Å². The Morgan fingerprint density at radius 3 is 2.71 bits per heavy atom. The largest absolute Gasteiger partial charge is 0.472 e. The van der Waals surface area contributed by atoms with Gasteiger partial charge in [-0.2, -0.15) is 18.2 Å². The maximum Gasteiger partial charge on any atom is 0.416 e. The smallest absolute Gasteiger partial charge is 0.416 e. The van der Waals surface area contributed by atoms with Gasteiger partial charge < -0.3 is 15.0 Å². The van der Waals surface area contributed by atoms with Crippen molar-refractivity contribution in [3.8, 4) is 5.88 Å². The highest BCUT2D eigenvalue weighted by Gasteiger charge is 2.30. The Kier molecular flexibility index (Phi) is 4.84. The predicted molar refractivity (Wildman–Crippen MR) is 82.9 cm³/mol. The Hall–Kier alpha value is -2.35. The lowest BCUT2D eigenvalue weighted by atomic mass is 10.1. The van der Waals surface area contributed by atoms with Crippen LogP contribution in [-0.4, -0.2) is 36.1 Å². The Bertz CT molecular complexity index is 687. The number of rotatable bonds is 4. The molecule has 0 unspecified atom stereocenters. The zero-order chi connectivity index (χ0) is 17.0. The van der Waals surface area contributed by atoms with E-state index in [-0.39, 0.29) is 6.61 Å². The Morgan fingerprint density at radius 2 is 1.96 bits per heavy atom. The fourth-order valence-corrected chi connectivity index (χ4v) is 2.45. The highest BCUT2D eigenvalue weighted by molar-refractivity contribution is 5.38. The zero-order valence-electron chi connectivity index (χ0n) is 12.9. The number of benzene rings is 1. The van der Waals surface area contributed by atoms with E-state index in [0.717, 1.165) is 38.3 Å². The highest BCUT2D eigenvalue weighted by atomic mass is 19.4. The minimum atomic E-state index is -4.36. The Labute approximate surface area is 137 Å². The standard InChI is InChI=1S/C16H17F3N4O/c17-16(18,19)13-3-1-2-12(8-13)11-24-15-10-21-9-14(22-15)23-6-4-20-5-7-23/h1-3,8-10,20H,4-7,11H2. The van der Waals surface area contributed by atoms with Crippen molar-refractivity contribution >= 4 is 5.82 Å². The summed E-state index contributed by atoms with van der Waals surface area (Å²) in [6, 6.07) is 5.06. The van der Waals surface area contributed by atoms with Gasteiger partial charge in [-0.05, 0) is 17.7 Å². The van der Waals surface area contributed by atoms with Crippen LogP contribution in [0.25, 0.3) is 0 Å². The number of hydrogen-bond acceptors (Lipinski definition) is 5. The van der Waals surface area contributed by atoms with E-state index in [0.29, 0.717) is 17.3 Å². The molecule has 2 aromatic rings. The molecule has 0 bridgehead atoms.